The lowest BCUT2D eigenvalue weighted by atomic mass is 10.2. The third-order valence-electron chi connectivity index (χ3n) is 5.68. The van der Waals surface area contributed by atoms with Crippen LogP contribution < -0.4 is 0 Å². The predicted octanol–water partition coefficient (Wildman–Crippen LogP) is 3.73. The molecule has 2 saturated heterocycles. The maximum Gasteiger partial charge on any atom is 0.237 e. The highest BCUT2D eigenvalue weighted by molar-refractivity contribution is 7.99. The molecule has 4 nitrogen and oxygen atoms in total. The number of hydrogen-bond donors (Lipinski definition) is 0. The van der Waals surface area contributed by atoms with Crippen molar-refractivity contribution in [2.75, 3.05) is 51.6 Å². The van der Waals surface area contributed by atoms with Gasteiger partial charge in [-0.1, -0.05) is 60.7 Å². The maximum atomic E-state index is 14.2. The summed E-state index contributed by atoms with van der Waals surface area (Å²) in [6.45, 7) is 5.71. The predicted molar refractivity (Wildman–Crippen MR) is 122 cm³/mol. The second-order valence-electron chi connectivity index (χ2n) is 7.72. The average molecular weight is 426 g/mol. The van der Waals surface area contributed by atoms with E-state index in [1.54, 1.807) is 23.9 Å². The highest BCUT2D eigenvalue weighted by Gasteiger charge is 2.33. The fraction of sp³-hybridized carbons (Fsp3) is 0.375. The Balaban J connectivity index is 1.25. The van der Waals surface area contributed by atoms with E-state index in [1.807, 2.05) is 29.2 Å². The standard InChI is InChI=1S/C24H28FN3OS/c25-22-11-5-4-10-21(22)24-28(17-18-30-24)23(29)19-27-15-13-26(14-16-27)12-6-9-20-7-2-1-3-8-20/h1-11,24H,12-19H2/b9-6+. The van der Waals surface area contributed by atoms with Crippen LogP contribution in [0.1, 0.15) is 16.5 Å². The van der Waals surface area contributed by atoms with Crippen LogP contribution in [0.4, 0.5) is 4.39 Å². The van der Waals surface area contributed by atoms with Crippen molar-refractivity contribution < 1.29 is 9.18 Å². The van der Waals surface area contributed by atoms with Crippen molar-refractivity contribution in [3.63, 3.8) is 0 Å². The number of halogens is 1. The number of piperazine rings is 1. The van der Waals surface area contributed by atoms with Crippen LogP contribution in [0.25, 0.3) is 6.08 Å². The molecule has 2 aliphatic heterocycles. The number of nitrogens with zero attached hydrogens (tertiary/aromatic N) is 3. The van der Waals surface area contributed by atoms with E-state index in [0.29, 0.717) is 18.7 Å². The lowest BCUT2D eigenvalue weighted by Gasteiger charge is -2.35. The van der Waals surface area contributed by atoms with E-state index in [-0.39, 0.29) is 17.1 Å². The summed E-state index contributed by atoms with van der Waals surface area (Å²) in [4.78, 5) is 19.4. The minimum Gasteiger partial charge on any atom is -0.325 e. The van der Waals surface area contributed by atoms with Gasteiger partial charge in [-0.2, -0.15) is 0 Å². The van der Waals surface area contributed by atoms with Crippen molar-refractivity contribution in [2.24, 2.45) is 0 Å². The molecule has 0 bridgehead atoms. The van der Waals surface area contributed by atoms with Gasteiger partial charge in [0.25, 0.3) is 0 Å². The molecule has 4 rings (SSSR count). The zero-order chi connectivity index (χ0) is 20.8. The molecular formula is C24H28FN3OS. The fourth-order valence-electron chi connectivity index (χ4n) is 3.97. The highest BCUT2D eigenvalue weighted by Crippen LogP contribution is 2.38. The Kier molecular flexibility index (Phi) is 7.20. The molecule has 0 aromatic heterocycles. The van der Waals surface area contributed by atoms with E-state index in [1.165, 1.54) is 11.6 Å². The Bertz CT molecular complexity index is 868. The lowest BCUT2D eigenvalue weighted by molar-refractivity contribution is -0.133. The number of amides is 1. The minimum atomic E-state index is -0.230. The minimum absolute atomic E-state index is 0.102. The van der Waals surface area contributed by atoms with Crippen LogP contribution in [0, 0.1) is 5.82 Å². The van der Waals surface area contributed by atoms with Gasteiger partial charge in [-0.05, 0) is 11.6 Å². The van der Waals surface area contributed by atoms with Gasteiger partial charge in [0.15, 0.2) is 0 Å². The molecule has 0 N–H and O–H groups in total. The van der Waals surface area contributed by atoms with Crippen LogP contribution in [0.3, 0.4) is 0 Å². The monoisotopic (exact) mass is 425 g/mol. The quantitative estimate of drug-likeness (QED) is 0.705. The van der Waals surface area contributed by atoms with E-state index in [0.717, 1.165) is 38.5 Å². The van der Waals surface area contributed by atoms with E-state index in [2.05, 4.69) is 34.1 Å². The van der Waals surface area contributed by atoms with Crippen LogP contribution in [-0.2, 0) is 4.79 Å². The Labute approximate surface area is 182 Å². The van der Waals surface area contributed by atoms with Crippen molar-refractivity contribution in [2.45, 2.75) is 5.37 Å². The van der Waals surface area contributed by atoms with Gasteiger partial charge in [0.05, 0.1) is 6.54 Å². The molecule has 1 atom stereocenters. The van der Waals surface area contributed by atoms with Crippen molar-refractivity contribution >= 4 is 23.7 Å². The molecule has 6 heteroatoms. The van der Waals surface area contributed by atoms with Gasteiger partial charge in [0.1, 0.15) is 11.2 Å². The number of carbonyl (C=O) groups is 1. The van der Waals surface area contributed by atoms with Gasteiger partial charge in [0, 0.05) is 50.6 Å². The van der Waals surface area contributed by atoms with Gasteiger partial charge < -0.3 is 4.90 Å². The lowest BCUT2D eigenvalue weighted by Crippen LogP contribution is -2.49. The second-order valence-corrected chi connectivity index (χ2v) is 8.91. The molecule has 0 radical (unpaired) electrons. The van der Waals surface area contributed by atoms with E-state index in [4.69, 9.17) is 0 Å². The topological polar surface area (TPSA) is 26.8 Å². The Morgan fingerprint density at radius 2 is 1.67 bits per heavy atom. The average Bonchev–Trinajstić information content (AvgIpc) is 3.26. The molecule has 1 amide bonds. The number of carbonyl (C=O) groups excluding carboxylic acids is 1. The van der Waals surface area contributed by atoms with Crippen LogP contribution in [0.5, 0.6) is 0 Å². The normalized spacial score (nSPS) is 20.8. The number of thioether (sulfide) groups is 1. The molecule has 1 unspecified atom stereocenters. The van der Waals surface area contributed by atoms with Crippen molar-refractivity contribution in [3.8, 4) is 0 Å². The van der Waals surface area contributed by atoms with Crippen LogP contribution in [0.2, 0.25) is 0 Å². The third-order valence-corrected chi connectivity index (χ3v) is 6.92. The first-order chi connectivity index (χ1) is 14.7. The number of benzene rings is 2. The van der Waals surface area contributed by atoms with Gasteiger partial charge in [-0.3, -0.25) is 14.6 Å². The van der Waals surface area contributed by atoms with Gasteiger partial charge in [0.2, 0.25) is 5.91 Å². The van der Waals surface area contributed by atoms with Gasteiger partial charge in [-0.25, -0.2) is 4.39 Å². The molecule has 0 saturated carbocycles. The first-order valence-electron chi connectivity index (χ1n) is 10.5. The van der Waals surface area contributed by atoms with Crippen molar-refractivity contribution in [1.29, 1.82) is 0 Å². The molecule has 2 aromatic rings. The molecular weight excluding hydrogens is 397 g/mol. The van der Waals surface area contributed by atoms with Crippen molar-refractivity contribution in [1.82, 2.24) is 14.7 Å². The Morgan fingerprint density at radius 1 is 0.967 bits per heavy atom. The van der Waals surface area contributed by atoms with E-state index < -0.39 is 0 Å². The molecule has 2 heterocycles. The van der Waals surface area contributed by atoms with E-state index in [9.17, 15) is 9.18 Å². The van der Waals surface area contributed by atoms with E-state index >= 15 is 0 Å². The summed E-state index contributed by atoms with van der Waals surface area (Å²) in [6, 6.07) is 17.1. The summed E-state index contributed by atoms with van der Waals surface area (Å²) in [5.74, 6) is 0.726. The van der Waals surface area contributed by atoms with Gasteiger partial charge >= 0.3 is 0 Å². The second kappa shape index (κ2) is 10.2. The summed E-state index contributed by atoms with van der Waals surface area (Å²) in [7, 11) is 0. The van der Waals surface area contributed by atoms with Crippen LogP contribution in [0.15, 0.2) is 60.7 Å². The molecule has 2 aromatic carbocycles. The molecule has 0 spiro atoms. The summed E-state index contributed by atoms with van der Waals surface area (Å²) in [5.41, 5.74) is 1.83. The molecule has 2 aliphatic rings. The first-order valence-corrected chi connectivity index (χ1v) is 11.6. The summed E-state index contributed by atoms with van der Waals surface area (Å²) >= 11 is 1.65. The zero-order valence-electron chi connectivity index (χ0n) is 17.1. The summed E-state index contributed by atoms with van der Waals surface area (Å²) in [5, 5.41) is -0.205. The number of rotatable bonds is 6. The Hall–Kier alpha value is -2.15. The highest BCUT2D eigenvalue weighted by atomic mass is 32.2. The first kappa shape index (κ1) is 21.1. The Morgan fingerprint density at radius 3 is 2.43 bits per heavy atom. The fourth-order valence-corrected chi connectivity index (χ4v) is 5.27. The third kappa shape index (κ3) is 5.31. The van der Waals surface area contributed by atoms with Crippen molar-refractivity contribution in [3.05, 3.63) is 77.6 Å². The molecule has 0 aliphatic carbocycles. The molecule has 30 heavy (non-hydrogen) atoms. The van der Waals surface area contributed by atoms with Gasteiger partial charge in [-0.15, -0.1) is 11.8 Å². The maximum absolute atomic E-state index is 14.2. The zero-order valence-corrected chi connectivity index (χ0v) is 17.9. The van der Waals surface area contributed by atoms with Crippen LogP contribution in [-0.4, -0.2) is 72.2 Å². The summed E-state index contributed by atoms with van der Waals surface area (Å²) < 4.78 is 14.2. The molecule has 2 fully saturated rings. The largest absolute Gasteiger partial charge is 0.325 e. The molecule has 158 valence electrons. The van der Waals surface area contributed by atoms with Crippen LogP contribution >= 0.6 is 11.8 Å². The number of hydrogen-bond acceptors (Lipinski definition) is 4. The summed E-state index contributed by atoms with van der Waals surface area (Å²) in [6.07, 6.45) is 4.36. The smallest absolute Gasteiger partial charge is 0.237 e. The SMILES string of the molecule is O=C(CN1CCN(C/C=C/c2ccccc2)CC1)N1CCSC1c1ccccc1F.